The molecule has 3 N–H and O–H groups in total. The van der Waals surface area contributed by atoms with E-state index in [1.54, 1.807) is 6.07 Å². The maximum absolute atomic E-state index is 11.4. The van der Waals surface area contributed by atoms with E-state index in [2.05, 4.69) is 15.2 Å². The SMILES string of the molecule is CN(C)CCOc1ccc(C(N)=O)nc1C1CCNCC1.Cl. The molecule has 0 saturated carbocycles. The van der Waals surface area contributed by atoms with Crippen molar-refractivity contribution in [1.29, 1.82) is 0 Å². The largest absolute Gasteiger partial charge is 0.490 e. The van der Waals surface area contributed by atoms with E-state index in [1.165, 1.54) is 0 Å². The predicted octanol–water partition coefficient (Wildman–Crippen LogP) is 1.01. The predicted molar refractivity (Wildman–Crippen MR) is 88.9 cm³/mol. The van der Waals surface area contributed by atoms with Gasteiger partial charge in [0, 0.05) is 12.5 Å². The van der Waals surface area contributed by atoms with Gasteiger partial charge in [-0.15, -0.1) is 12.4 Å². The Hall–Kier alpha value is -1.37. The molecule has 0 bridgehead atoms. The number of halogens is 1. The number of hydrogen-bond acceptors (Lipinski definition) is 5. The Labute approximate surface area is 137 Å². The lowest BCUT2D eigenvalue weighted by molar-refractivity contribution is 0.0995. The highest BCUT2D eigenvalue weighted by molar-refractivity contribution is 5.90. The number of hydrogen-bond donors (Lipinski definition) is 2. The van der Waals surface area contributed by atoms with Crippen molar-refractivity contribution in [3.63, 3.8) is 0 Å². The number of carbonyl (C=O) groups excluding carboxylic acids is 1. The lowest BCUT2D eigenvalue weighted by atomic mass is 9.93. The monoisotopic (exact) mass is 328 g/mol. The zero-order valence-corrected chi connectivity index (χ0v) is 14.0. The second-order valence-corrected chi connectivity index (χ2v) is 5.62. The second kappa shape index (κ2) is 8.92. The van der Waals surface area contributed by atoms with Crippen LogP contribution < -0.4 is 15.8 Å². The van der Waals surface area contributed by atoms with Crippen molar-refractivity contribution in [1.82, 2.24) is 15.2 Å². The summed E-state index contributed by atoms with van der Waals surface area (Å²) in [5, 5.41) is 3.33. The number of carbonyl (C=O) groups is 1. The van der Waals surface area contributed by atoms with Crippen molar-refractivity contribution in [2.75, 3.05) is 40.3 Å². The number of amides is 1. The Kier molecular flexibility index (Phi) is 7.58. The number of likely N-dealkylation sites (N-methyl/N-ethyl adjacent to an activating group) is 1. The summed E-state index contributed by atoms with van der Waals surface area (Å²) >= 11 is 0. The van der Waals surface area contributed by atoms with Gasteiger partial charge in [-0.2, -0.15) is 0 Å². The maximum atomic E-state index is 11.4. The van der Waals surface area contributed by atoms with Gasteiger partial charge in [0.25, 0.3) is 5.91 Å². The molecule has 2 rings (SSSR count). The third kappa shape index (κ3) is 5.12. The zero-order valence-electron chi connectivity index (χ0n) is 13.2. The smallest absolute Gasteiger partial charge is 0.267 e. The van der Waals surface area contributed by atoms with Crippen LogP contribution in [-0.2, 0) is 0 Å². The first-order chi connectivity index (χ1) is 10.1. The molecule has 1 aliphatic rings. The van der Waals surface area contributed by atoms with Gasteiger partial charge in [-0.25, -0.2) is 4.98 Å². The second-order valence-electron chi connectivity index (χ2n) is 5.62. The number of nitrogens with zero attached hydrogens (tertiary/aromatic N) is 2. The van der Waals surface area contributed by atoms with Gasteiger partial charge in [-0.1, -0.05) is 0 Å². The summed E-state index contributed by atoms with van der Waals surface area (Å²) in [6, 6.07) is 3.46. The van der Waals surface area contributed by atoms with Crippen LogP contribution in [0.2, 0.25) is 0 Å². The lowest BCUT2D eigenvalue weighted by Crippen LogP contribution is -2.28. The molecular weight excluding hydrogens is 304 g/mol. The molecule has 0 aliphatic carbocycles. The first-order valence-corrected chi connectivity index (χ1v) is 7.37. The number of pyridine rings is 1. The molecule has 1 aromatic heterocycles. The third-order valence-electron chi connectivity index (χ3n) is 3.66. The molecule has 1 fully saturated rings. The number of nitrogens with two attached hydrogens (primary N) is 1. The highest BCUT2D eigenvalue weighted by atomic mass is 35.5. The van der Waals surface area contributed by atoms with Crippen molar-refractivity contribution in [2.45, 2.75) is 18.8 Å². The minimum atomic E-state index is -0.495. The maximum Gasteiger partial charge on any atom is 0.267 e. The van der Waals surface area contributed by atoms with E-state index < -0.39 is 5.91 Å². The Morgan fingerprint density at radius 2 is 2.09 bits per heavy atom. The van der Waals surface area contributed by atoms with Crippen LogP contribution in [0.25, 0.3) is 0 Å². The molecule has 1 aliphatic heterocycles. The molecule has 0 unspecified atom stereocenters. The molecule has 0 aromatic carbocycles. The van der Waals surface area contributed by atoms with Crippen LogP contribution in [0.5, 0.6) is 5.75 Å². The minimum absolute atomic E-state index is 0. The van der Waals surface area contributed by atoms with Crippen molar-refractivity contribution in [3.05, 3.63) is 23.5 Å². The number of rotatable bonds is 6. The fourth-order valence-corrected chi connectivity index (χ4v) is 2.45. The van der Waals surface area contributed by atoms with Gasteiger partial charge in [-0.3, -0.25) is 4.79 Å². The van der Waals surface area contributed by atoms with Gasteiger partial charge < -0.3 is 20.7 Å². The number of aromatic nitrogens is 1. The quantitative estimate of drug-likeness (QED) is 0.814. The summed E-state index contributed by atoms with van der Waals surface area (Å²) in [5.74, 6) is 0.596. The summed E-state index contributed by atoms with van der Waals surface area (Å²) in [4.78, 5) is 17.9. The van der Waals surface area contributed by atoms with Crippen LogP contribution in [0.3, 0.4) is 0 Å². The molecular formula is C15H25ClN4O2. The molecule has 0 atom stereocenters. The Morgan fingerprint density at radius 3 is 2.68 bits per heavy atom. The molecule has 0 spiro atoms. The Balaban J connectivity index is 0.00000242. The standard InChI is InChI=1S/C15H24N4O2.ClH/c1-19(2)9-10-21-13-4-3-12(15(16)20)18-14(13)11-5-7-17-8-6-11;/h3-4,11,17H,5-10H2,1-2H3,(H2,16,20);1H. The van der Waals surface area contributed by atoms with E-state index in [0.29, 0.717) is 18.2 Å². The molecule has 7 heteroatoms. The van der Waals surface area contributed by atoms with Gasteiger partial charge in [0.05, 0.1) is 5.69 Å². The van der Waals surface area contributed by atoms with E-state index in [4.69, 9.17) is 10.5 Å². The normalized spacial score (nSPS) is 15.4. The Morgan fingerprint density at radius 1 is 1.41 bits per heavy atom. The molecule has 22 heavy (non-hydrogen) atoms. The Bertz CT molecular complexity index is 490. The summed E-state index contributed by atoms with van der Waals surface area (Å²) in [7, 11) is 4.01. The van der Waals surface area contributed by atoms with Crippen molar-refractivity contribution in [3.8, 4) is 5.75 Å². The van der Waals surface area contributed by atoms with Crippen molar-refractivity contribution < 1.29 is 9.53 Å². The van der Waals surface area contributed by atoms with Crippen LogP contribution in [0.1, 0.15) is 34.9 Å². The number of nitrogens with one attached hydrogen (secondary N) is 1. The van der Waals surface area contributed by atoms with Crippen LogP contribution >= 0.6 is 12.4 Å². The number of piperidine rings is 1. The summed E-state index contributed by atoms with van der Waals surface area (Å²) < 4.78 is 5.86. The van der Waals surface area contributed by atoms with Gasteiger partial charge >= 0.3 is 0 Å². The van der Waals surface area contributed by atoms with Crippen LogP contribution in [-0.4, -0.2) is 56.1 Å². The molecule has 1 amide bonds. The van der Waals surface area contributed by atoms with Gasteiger partial charge in [0.1, 0.15) is 18.1 Å². The summed E-state index contributed by atoms with van der Waals surface area (Å²) in [6.07, 6.45) is 2.00. The van der Waals surface area contributed by atoms with E-state index >= 15 is 0 Å². The molecule has 0 radical (unpaired) electrons. The average molecular weight is 329 g/mol. The third-order valence-corrected chi connectivity index (χ3v) is 3.66. The fraction of sp³-hybridized carbons (Fsp3) is 0.600. The first kappa shape index (κ1) is 18.7. The molecule has 1 aromatic rings. The van der Waals surface area contributed by atoms with E-state index in [9.17, 15) is 4.79 Å². The first-order valence-electron chi connectivity index (χ1n) is 7.37. The minimum Gasteiger partial charge on any atom is -0.490 e. The van der Waals surface area contributed by atoms with Crippen LogP contribution in [0.4, 0.5) is 0 Å². The summed E-state index contributed by atoms with van der Waals surface area (Å²) in [6.45, 7) is 3.36. The molecule has 124 valence electrons. The zero-order chi connectivity index (χ0) is 15.2. The van der Waals surface area contributed by atoms with Gasteiger partial charge in [0.2, 0.25) is 0 Å². The summed E-state index contributed by atoms with van der Waals surface area (Å²) in [5.41, 5.74) is 6.52. The molecule has 1 saturated heterocycles. The van der Waals surface area contributed by atoms with Crippen LogP contribution in [0, 0.1) is 0 Å². The van der Waals surface area contributed by atoms with Gasteiger partial charge in [-0.05, 0) is 52.2 Å². The number of ether oxygens (including phenoxy) is 1. The van der Waals surface area contributed by atoms with Crippen LogP contribution in [0.15, 0.2) is 12.1 Å². The van der Waals surface area contributed by atoms with Gasteiger partial charge in [0.15, 0.2) is 0 Å². The lowest BCUT2D eigenvalue weighted by Gasteiger charge is -2.24. The van der Waals surface area contributed by atoms with E-state index in [-0.39, 0.29) is 12.4 Å². The highest BCUT2D eigenvalue weighted by Crippen LogP contribution is 2.31. The fourth-order valence-electron chi connectivity index (χ4n) is 2.45. The number of primary amides is 1. The highest BCUT2D eigenvalue weighted by Gasteiger charge is 2.22. The van der Waals surface area contributed by atoms with E-state index in [0.717, 1.165) is 43.9 Å². The molecule has 2 heterocycles. The van der Waals surface area contributed by atoms with E-state index in [1.807, 2.05) is 20.2 Å². The van der Waals surface area contributed by atoms with Crippen molar-refractivity contribution in [2.24, 2.45) is 5.73 Å². The average Bonchev–Trinajstić information content (AvgIpc) is 2.48. The van der Waals surface area contributed by atoms with Crippen molar-refractivity contribution >= 4 is 18.3 Å². The molecule has 6 nitrogen and oxygen atoms in total. The topological polar surface area (TPSA) is 80.5 Å².